The van der Waals surface area contributed by atoms with Gasteiger partial charge in [0.25, 0.3) is 0 Å². The summed E-state index contributed by atoms with van der Waals surface area (Å²) in [6.45, 7) is 5.69. The van der Waals surface area contributed by atoms with Crippen LogP contribution in [0.3, 0.4) is 0 Å². The summed E-state index contributed by atoms with van der Waals surface area (Å²) in [6, 6.07) is 0. The molecule has 0 aromatic rings. The summed E-state index contributed by atoms with van der Waals surface area (Å²) >= 11 is 0. The van der Waals surface area contributed by atoms with Gasteiger partial charge in [0.1, 0.15) is 5.71 Å². The Hall–Kier alpha value is -1.44. The molecule has 1 aliphatic rings. The lowest BCUT2D eigenvalue weighted by Gasteiger charge is -1.85. The van der Waals surface area contributed by atoms with Crippen LogP contribution in [0.5, 0.6) is 0 Å². The van der Waals surface area contributed by atoms with Crippen LogP contribution in [0.1, 0.15) is 6.92 Å². The Bertz CT molecular complexity index is 295. The Morgan fingerprint density at radius 2 is 2.50 bits per heavy atom. The third kappa shape index (κ3) is 2.02. The van der Waals surface area contributed by atoms with Crippen LogP contribution in [0, 0.1) is 0 Å². The normalized spacial score (nSPS) is 16.1. The number of Topliss-reactive ketones (excluding diaryl/α,β-unsaturated/α-hetero) is 1. The smallest absolute Gasteiger partial charge is 0.177 e. The summed E-state index contributed by atoms with van der Waals surface area (Å²) in [6.07, 6.45) is 7.26. The van der Waals surface area contributed by atoms with Gasteiger partial charge in [-0.25, -0.2) is 0 Å². The van der Waals surface area contributed by atoms with Crippen LogP contribution >= 0.6 is 0 Å². The molecule has 0 N–H and O–H groups in total. The van der Waals surface area contributed by atoms with Crippen LogP contribution in [0.15, 0.2) is 41.4 Å². The molecular weight excluding hydrogens is 150 g/mol. The summed E-state index contributed by atoms with van der Waals surface area (Å²) in [5.41, 5.74) is 1.62. The number of ketones is 1. The molecule has 0 aliphatic carbocycles. The zero-order chi connectivity index (χ0) is 8.97. The van der Waals surface area contributed by atoms with Gasteiger partial charge in [0.05, 0.1) is 6.54 Å². The molecule has 0 amide bonds. The summed E-state index contributed by atoms with van der Waals surface area (Å²) < 4.78 is 0. The maximum absolute atomic E-state index is 10.8. The predicted molar refractivity (Wildman–Crippen MR) is 50.4 cm³/mol. The first kappa shape index (κ1) is 8.65. The number of hydrogen-bond acceptors (Lipinski definition) is 2. The molecule has 0 aromatic carbocycles. The van der Waals surface area contributed by atoms with Crippen molar-refractivity contribution in [2.24, 2.45) is 4.99 Å². The summed E-state index contributed by atoms with van der Waals surface area (Å²) in [5, 5.41) is 0. The zero-order valence-electron chi connectivity index (χ0n) is 7.08. The number of carbonyl (C=O) groups is 1. The first-order chi connectivity index (χ1) is 5.74. The maximum Gasteiger partial charge on any atom is 0.177 e. The lowest BCUT2D eigenvalue weighted by Crippen LogP contribution is -2.03. The van der Waals surface area contributed by atoms with Gasteiger partial charge in [-0.3, -0.25) is 9.79 Å². The van der Waals surface area contributed by atoms with Crippen LogP contribution in [0.4, 0.5) is 0 Å². The fourth-order valence-corrected chi connectivity index (χ4v) is 0.949. The first-order valence-corrected chi connectivity index (χ1v) is 3.79. The minimum Gasteiger partial charge on any atom is -0.293 e. The maximum atomic E-state index is 10.8. The van der Waals surface area contributed by atoms with E-state index in [1.807, 2.05) is 18.2 Å². The molecule has 0 saturated carbocycles. The molecule has 0 saturated heterocycles. The quantitative estimate of drug-likeness (QED) is 0.579. The van der Waals surface area contributed by atoms with Crippen molar-refractivity contribution >= 4 is 11.5 Å². The van der Waals surface area contributed by atoms with Gasteiger partial charge in [-0.15, -0.1) is 0 Å². The Labute approximate surface area is 72.0 Å². The second-order valence-corrected chi connectivity index (χ2v) is 2.57. The molecular formula is C10H11NO. The largest absolute Gasteiger partial charge is 0.293 e. The van der Waals surface area contributed by atoms with Crippen LogP contribution in [-0.4, -0.2) is 18.0 Å². The van der Waals surface area contributed by atoms with E-state index in [4.69, 9.17) is 0 Å². The molecule has 2 heteroatoms. The van der Waals surface area contributed by atoms with Crippen LogP contribution < -0.4 is 0 Å². The van der Waals surface area contributed by atoms with Crippen molar-refractivity contribution in [1.82, 2.24) is 0 Å². The van der Waals surface area contributed by atoms with Crippen LogP contribution in [0.25, 0.3) is 0 Å². The van der Waals surface area contributed by atoms with Gasteiger partial charge in [0.2, 0.25) is 0 Å². The monoisotopic (exact) mass is 161 g/mol. The van der Waals surface area contributed by atoms with Crippen molar-refractivity contribution in [3.8, 4) is 0 Å². The molecule has 0 radical (unpaired) electrons. The molecule has 0 spiro atoms. The Morgan fingerprint density at radius 1 is 1.75 bits per heavy atom. The standard InChI is InChI=1S/C10H11NO/c1-3-4-5-9-6-10(8(2)12)11-7-9/h3-6H,1,7H2,2H3. The molecule has 0 bridgehead atoms. The van der Waals surface area contributed by atoms with Gasteiger partial charge < -0.3 is 0 Å². The average molecular weight is 161 g/mol. The molecule has 1 rings (SSSR count). The fraction of sp³-hybridized carbons (Fsp3) is 0.200. The highest BCUT2D eigenvalue weighted by atomic mass is 16.1. The Balaban J connectivity index is 2.66. The number of hydrogen-bond donors (Lipinski definition) is 0. The van der Waals surface area contributed by atoms with Gasteiger partial charge in [0.15, 0.2) is 5.78 Å². The van der Waals surface area contributed by atoms with E-state index < -0.39 is 0 Å². The highest BCUT2D eigenvalue weighted by Crippen LogP contribution is 2.07. The molecule has 0 aromatic heterocycles. The fourth-order valence-electron chi connectivity index (χ4n) is 0.949. The third-order valence-corrected chi connectivity index (χ3v) is 1.56. The predicted octanol–water partition coefficient (Wildman–Crippen LogP) is 1.70. The van der Waals surface area contributed by atoms with Gasteiger partial charge in [-0.2, -0.15) is 0 Å². The number of allylic oxidation sites excluding steroid dienone is 3. The third-order valence-electron chi connectivity index (χ3n) is 1.56. The number of rotatable bonds is 3. The van der Waals surface area contributed by atoms with Gasteiger partial charge in [0, 0.05) is 6.92 Å². The van der Waals surface area contributed by atoms with Crippen molar-refractivity contribution in [2.45, 2.75) is 6.92 Å². The molecule has 1 heterocycles. The van der Waals surface area contributed by atoms with Crippen molar-refractivity contribution in [1.29, 1.82) is 0 Å². The Kier molecular flexibility index (Phi) is 2.75. The van der Waals surface area contributed by atoms with E-state index in [9.17, 15) is 4.79 Å². The van der Waals surface area contributed by atoms with E-state index in [0.29, 0.717) is 12.3 Å². The molecule has 12 heavy (non-hydrogen) atoms. The van der Waals surface area contributed by atoms with Crippen molar-refractivity contribution in [3.05, 3.63) is 36.5 Å². The van der Waals surface area contributed by atoms with Crippen molar-refractivity contribution < 1.29 is 4.79 Å². The average Bonchev–Trinajstić information content (AvgIpc) is 2.48. The Morgan fingerprint density at radius 3 is 3.00 bits per heavy atom. The van der Waals surface area contributed by atoms with Crippen LogP contribution in [-0.2, 0) is 4.79 Å². The zero-order valence-corrected chi connectivity index (χ0v) is 7.08. The molecule has 0 fully saturated rings. The highest BCUT2D eigenvalue weighted by Gasteiger charge is 2.08. The van der Waals surface area contributed by atoms with Gasteiger partial charge in [-0.05, 0) is 11.6 Å². The lowest BCUT2D eigenvalue weighted by atomic mass is 10.2. The van der Waals surface area contributed by atoms with Crippen LogP contribution in [0.2, 0.25) is 0 Å². The van der Waals surface area contributed by atoms with E-state index in [-0.39, 0.29) is 5.78 Å². The second kappa shape index (κ2) is 3.81. The minimum atomic E-state index is 0.0250. The minimum absolute atomic E-state index is 0.0250. The number of carbonyl (C=O) groups excluding carboxylic acids is 1. The van der Waals surface area contributed by atoms with E-state index >= 15 is 0 Å². The van der Waals surface area contributed by atoms with E-state index in [2.05, 4.69) is 11.6 Å². The molecule has 1 aliphatic heterocycles. The molecule has 0 unspecified atom stereocenters. The first-order valence-electron chi connectivity index (χ1n) is 3.79. The second-order valence-electron chi connectivity index (χ2n) is 2.57. The number of nitrogens with zero attached hydrogens (tertiary/aromatic N) is 1. The van der Waals surface area contributed by atoms with E-state index in [1.165, 1.54) is 6.92 Å². The molecule has 62 valence electrons. The molecule has 2 nitrogen and oxygen atoms in total. The number of aliphatic imine (C=N–C) groups is 1. The topological polar surface area (TPSA) is 29.4 Å². The van der Waals surface area contributed by atoms with Gasteiger partial charge >= 0.3 is 0 Å². The van der Waals surface area contributed by atoms with E-state index in [0.717, 1.165) is 5.57 Å². The summed E-state index contributed by atoms with van der Waals surface area (Å²) in [7, 11) is 0. The summed E-state index contributed by atoms with van der Waals surface area (Å²) in [5.74, 6) is 0.0250. The SMILES string of the molecule is C=CC=CC1=CC(C(C)=O)=NC1. The van der Waals surface area contributed by atoms with Gasteiger partial charge in [-0.1, -0.05) is 24.8 Å². The van der Waals surface area contributed by atoms with Crippen molar-refractivity contribution in [2.75, 3.05) is 6.54 Å². The molecule has 0 atom stereocenters. The van der Waals surface area contributed by atoms with E-state index in [1.54, 1.807) is 6.08 Å². The van der Waals surface area contributed by atoms with Crippen molar-refractivity contribution in [3.63, 3.8) is 0 Å². The lowest BCUT2D eigenvalue weighted by molar-refractivity contribution is -0.111. The highest BCUT2D eigenvalue weighted by molar-refractivity contribution is 6.44. The summed E-state index contributed by atoms with van der Waals surface area (Å²) in [4.78, 5) is 14.9.